The Morgan fingerprint density at radius 3 is 2.55 bits per heavy atom. The predicted molar refractivity (Wildman–Crippen MR) is 91.2 cm³/mol. The van der Waals surface area contributed by atoms with Crippen LogP contribution in [0.1, 0.15) is 15.9 Å². The fraction of sp³-hybridized carbons (Fsp3) is 0.235. The molecule has 0 atom stereocenters. The van der Waals surface area contributed by atoms with E-state index in [1.807, 2.05) is 24.5 Å². The third-order valence-corrected chi connectivity index (χ3v) is 3.76. The minimum absolute atomic E-state index is 0.143. The molecule has 22 heavy (non-hydrogen) atoms. The molecule has 0 aromatic heterocycles. The average Bonchev–Trinajstić information content (AvgIpc) is 2.55. The lowest BCUT2D eigenvalue weighted by Crippen LogP contribution is -2.12. The zero-order valence-electron chi connectivity index (χ0n) is 12.9. The summed E-state index contributed by atoms with van der Waals surface area (Å²) < 4.78 is 10.4. The summed E-state index contributed by atoms with van der Waals surface area (Å²) >= 11 is 1.73. The molecule has 0 heterocycles. The molecule has 0 aliphatic carbocycles. The molecule has 0 unspecified atom stereocenters. The highest BCUT2D eigenvalue weighted by Crippen LogP contribution is 2.29. The first-order chi connectivity index (χ1) is 10.7. The summed E-state index contributed by atoms with van der Waals surface area (Å²) in [4.78, 5) is 12.3. The van der Waals surface area contributed by atoms with Gasteiger partial charge in [-0.3, -0.25) is 4.79 Å². The molecule has 2 aromatic carbocycles. The molecule has 4 nitrogen and oxygen atoms in total. The van der Waals surface area contributed by atoms with Gasteiger partial charge in [-0.2, -0.15) is 11.8 Å². The number of anilines is 1. The number of ether oxygens (including phenoxy) is 2. The van der Waals surface area contributed by atoms with E-state index in [9.17, 15) is 4.79 Å². The fourth-order valence-electron chi connectivity index (χ4n) is 2.09. The lowest BCUT2D eigenvalue weighted by Gasteiger charge is -2.11. The number of methoxy groups -OCH3 is 2. The smallest absolute Gasteiger partial charge is 0.255 e. The van der Waals surface area contributed by atoms with Crippen molar-refractivity contribution < 1.29 is 14.3 Å². The minimum Gasteiger partial charge on any atom is -0.493 e. The van der Waals surface area contributed by atoms with Crippen molar-refractivity contribution in [2.45, 2.75) is 5.75 Å². The molecule has 2 rings (SSSR count). The summed E-state index contributed by atoms with van der Waals surface area (Å²) in [6.07, 6.45) is 2.04. The number of thioether (sulfide) groups is 1. The van der Waals surface area contributed by atoms with Crippen LogP contribution in [-0.2, 0) is 5.75 Å². The second-order valence-electron chi connectivity index (χ2n) is 4.66. The largest absolute Gasteiger partial charge is 0.493 e. The van der Waals surface area contributed by atoms with Crippen molar-refractivity contribution in [3.8, 4) is 11.5 Å². The van der Waals surface area contributed by atoms with E-state index < -0.39 is 0 Å². The molecule has 5 heteroatoms. The number of carbonyl (C=O) groups is 1. The molecule has 1 N–H and O–H groups in total. The summed E-state index contributed by atoms with van der Waals surface area (Å²) in [7, 11) is 3.14. The summed E-state index contributed by atoms with van der Waals surface area (Å²) in [5.74, 6) is 1.95. The van der Waals surface area contributed by atoms with Crippen LogP contribution in [0, 0.1) is 0 Å². The zero-order chi connectivity index (χ0) is 15.9. The van der Waals surface area contributed by atoms with E-state index in [0.717, 1.165) is 11.3 Å². The molecule has 116 valence electrons. The van der Waals surface area contributed by atoms with Gasteiger partial charge in [0.25, 0.3) is 5.91 Å². The van der Waals surface area contributed by atoms with Gasteiger partial charge in [-0.25, -0.2) is 0 Å². The standard InChI is InChI=1S/C17H19NO3S/c1-20-15-8-7-14(10-16(15)21-2)18-17(19)13-6-4-5-12(9-13)11-22-3/h4-10H,11H2,1-3H3,(H,18,19). The Bertz CT molecular complexity index is 658. The zero-order valence-corrected chi connectivity index (χ0v) is 13.7. The van der Waals surface area contributed by atoms with Crippen molar-refractivity contribution in [2.24, 2.45) is 0 Å². The van der Waals surface area contributed by atoms with Gasteiger partial charge in [-0.15, -0.1) is 0 Å². The van der Waals surface area contributed by atoms with Gasteiger partial charge in [-0.1, -0.05) is 12.1 Å². The molecular formula is C17H19NO3S. The maximum Gasteiger partial charge on any atom is 0.255 e. The SMILES string of the molecule is COc1ccc(NC(=O)c2cccc(CSC)c2)cc1OC. The molecule has 0 bridgehead atoms. The van der Waals surface area contributed by atoms with E-state index in [2.05, 4.69) is 5.32 Å². The van der Waals surface area contributed by atoms with E-state index in [1.54, 1.807) is 50.2 Å². The minimum atomic E-state index is -0.143. The van der Waals surface area contributed by atoms with Gasteiger partial charge in [0.2, 0.25) is 0 Å². The van der Waals surface area contributed by atoms with Crippen molar-refractivity contribution in [1.82, 2.24) is 0 Å². The Morgan fingerprint density at radius 1 is 1.09 bits per heavy atom. The third-order valence-electron chi connectivity index (χ3n) is 3.14. The van der Waals surface area contributed by atoms with E-state index >= 15 is 0 Å². The lowest BCUT2D eigenvalue weighted by atomic mass is 10.1. The molecule has 0 spiro atoms. The van der Waals surface area contributed by atoms with Crippen LogP contribution < -0.4 is 14.8 Å². The van der Waals surface area contributed by atoms with Gasteiger partial charge in [0, 0.05) is 23.1 Å². The first-order valence-electron chi connectivity index (χ1n) is 6.79. The average molecular weight is 317 g/mol. The highest BCUT2D eigenvalue weighted by atomic mass is 32.2. The van der Waals surface area contributed by atoms with E-state index in [-0.39, 0.29) is 5.91 Å². The number of hydrogen-bond donors (Lipinski definition) is 1. The maximum absolute atomic E-state index is 12.3. The highest BCUT2D eigenvalue weighted by Gasteiger charge is 2.09. The van der Waals surface area contributed by atoms with E-state index in [4.69, 9.17) is 9.47 Å². The van der Waals surface area contributed by atoms with Gasteiger partial charge >= 0.3 is 0 Å². The van der Waals surface area contributed by atoms with Crippen LogP contribution in [0.4, 0.5) is 5.69 Å². The number of nitrogens with one attached hydrogen (secondary N) is 1. The number of benzene rings is 2. The van der Waals surface area contributed by atoms with Gasteiger partial charge in [0.15, 0.2) is 11.5 Å². The summed E-state index contributed by atoms with van der Waals surface area (Å²) in [5.41, 5.74) is 2.44. The quantitative estimate of drug-likeness (QED) is 0.880. The predicted octanol–water partition coefficient (Wildman–Crippen LogP) is 3.82. The number of amides is 1. The Kier molecular flexibility index (Phi) is 5.72. The molecule has 0 saturated heterocycles. The summed E-state index contributed by atoms with van der Waals surface area (Å²) in [5, 5.41) is 2.87. The van der Waals surface area contributed by atoms with Gasteiger partial charge in [0.1, 0.15) is 0 Å². The first-order valence-corrected chi connectivity index (χ1v) is 8.18. The number of hydrogen-bond acceptors (Lipinski definition) is 4. The Labute approximate surface area is 134 Å². The lowest BCUT2D eigenvalue weighted by molar-refractivity contribution is 0.102. The topological polar surface area (TPSA) is 47.6 Å². The molecule has 0 fully saturated rings. The Morgan fingerprint density at radius 2 is 1.86 bits per heavy atom. The van der Waals surface area contributed by atoms with Crippen molar-refractivity contribution in [3.05, 3.63) is 53.6 Å². The van der Waals surface area contributed by atoms with E-state index in [0.29, 0.717) is 22.7 Å². The number of rotatable bonds is 6. The van der Waals surface area contributed by atoms with Crippen molar-refractivity contribution >= 4 is 23.4 Å². The highest BCUT2D eigenvalue weighted by molar-refractivity contribution is 7.97. The maximum atomic E-state index is 12.3. The molecule has 0 aliphatic heterocycles. The summed E-state index contributed by atoms with van der Waals surface area (Å²) in [6, 6.07) is 12.9. The first kappa shape index (κ1) is 16.2. The van der Waals surface area contributed by atoms with Crippen LogP contribution in [0.2, 0.25) is 0 Å². The Balaban J connectivity index is 2.16. The normalized spacial score (nSPS) is 10.1. The molecule has 2 aromatic rings. The molecule has 1 amide bonds. The van der Waals surface area contributed by atoms with Gasteiger partial charge in [0.05, 0.1) is 14.2 Å². The van der Waals surface area contributed by atoms with E-state index in [1.165, 1.54) is 0 Å². The van der Waals surface area contributed by atoms with Crippen LogP contribution in [0.25, 0.3) is 0 Å². The second-order valence-corrected chi connectivity index (χ2v) is 5.52. The molecule has 0 saturated carbocycles. The number of carbonyl (C=O) groups excluding carboxylic acids is 1. The Hall–Kier alpha value is -2.14. The van der Waals surface area contributed by atoms with Crippen LogP contribution >= 0.6 is 11.8 Å². The van der Waals surface area contributed by atoms with Crippen LogP contribution in [0.3, 0.4) is 0 Å². The second kappa shape index (κ2) is 7.75. The summed E-state index contributed by atoms with van der Waals surface area (Å²) in [6.45, 7) is 0. The molecular weight excluding hydrogens is 298 g/mol. The van der Waals surface area contributed by atoms with Crippen molar-refractivity contribution in [2.75, 3.05) is 25.8 Å². The third kappa shape index (κ3) is 3.95. The molecule has 0 aliphatic rings. The van der Waals surface area contributed by atoms with Crippen molar-refractivity contribution in [3.63, 3.8) is 0 Å². The van der Waals surface area contributed by atoms with Crippen molar-refractivity contribution in [1.29, 1.82) is 0 Å². The monoisotopic (exact) mass is 317 g/mol. The molecule has 0 radical (unpaired) electrons. The van der Waals surface area contributed by atoms with Crippen LogP contribution in [0.5, 0.6) is 11.5 Å². The van der Waals surface area contributed by atoms with Crippen LogP contribution in [0.15, 0.2) is 42.5 Å². The fourth-order valence-corrected chi connectivity index (χ4v) is 2.60. The van der Waals surface area contributed by atoms with Gasteiger partial charge < -0.3 is 14.8 Å². The van der Waals surface area contributed by atoms with Crippen LogP contribution in [-0.4, -0.2) is 26.4 Å². The van der Waals surface area contributed by atoms with Gasteiger partial charge in [-0.05, 0) is 36.1 Å².